The van der Waals surface area contributed by atoms with Gasteiger partial charge in [-0.15, -0.1) is 0 Å². The highest BCUT2D eigenvalue weighted by Crippen LogP contribution is 2.22. The lowest BCUT2D eigenvalue weighted by atomic mass is 9.96. The average Bonchev–Trinajstić information content (AvgIpc) is 2.45. The van der Waals surface area contributed by atoms with E-state index in [2.05, 4.69) is 16.9 Å². The molecule has 1 aliphatic heterocycles. The second-order valence-corrected chi connectivity index (χ2v) is 4.32. The summed E-state index contributed by atoms with van der Waals surface area (Å²) >= 11 is 0. The zero-order valence-electron chi connectivity index (χ0n) is 9.93. The van der Waals surface area contributed by atoms with Crippen molar-refractivity contribution < 1.29 is 4.79 Å². The predicted molar refractivity (Wildman–Crippen MR) is 62.8 cm³/mol. The molecule has 0 aromatic carbocycles. The summed E-state index contributed by atoms with van der Waals surface area (Å²) in [6.45, 7) is 3.97. The fourth-order valence-electron chi connectivity index (χ4n) is 2.24. The van der Waals surface area contributed by atoms with E-state index in [0.717, 1.165) is 19.4 Å². The van der Waals surface area contributed by atoms with Crippen molar-refractivity contribution in [2.45, 2.75) is 39.0 Å². The molecular weight excluding hydrogens is 204 g/mol. The maximum Gasteiger partial charge on any atom is 0.222 e. The van der Waals surface area contributed by atoms with Crippen molar-refractivity contribution >= 4 is 5.91 Å². The maximum atomic E-state index is 11.7. The standard InChI is InChI=1S/C11H20N4O/c1-2-3-10-4-5-11(16)15(8-6-10)9-7-13-14-12/h10H,2-9H2,1H3. The van der Waals surface area contributed by atoms with E-state index >= 15 is 0 Å². The summed E-state index contributed by atoms with van der Waals surface area (Å²) in [6, 6.07) is 0. The van der Waals surface area contributed by atoms with Crippen LogP contribution in [0.15, 0.2) is 5.11 Å². The van der Waals surface area contributed by atoms with Crippen LogP contribution in [0.4, 0.5) is 0 Å². The minimum absolute atomic E-state index is 0.215. The molecule has 1 fully saturated rings. The largest absolute Gasteiger partial charge is 0.343 e. The zero-order valence-corrected chi connectivity index (χ0v) is 9.93. The van der Waals surface area contributed by atoms with Gasteiger partial charge in [0.2, 0.25) is 5.91 Å². The van der Waals surface area contributed by atoms with Crippen LogP contribution in [0.1, 0.15) is 39.0 Å². The lowest BCUT2D eigenvalue weighted by molar-refractivity contribution is -0.130. The summed E-state index contributed by atoms with van der Waals surface area (Å²) in [5, 5.41) is 3.47. The SMILES string of the molecule is CCCC1CCC(=O)N(CCN=[N+]=[N-])CC1. The fourth-order valence-corrected chi connectivity index (χ4v) is 2.24. The Hall–Kier alpha value is -1.22. The third-order valence-corrected chi connectivity index (χ3v) is 3.16. The molecule has 0 saturated carbocycles. The van der Waals surface area contributed by atoms with Crippen LogP contribution >= 0.6 is 0 Å². The van der Waals surface area contributed by atoms with Crippen molar-refractivity contribution in [2.24, 2.45) is 11.0 Å². The molecule has 5 nitrogen and oxygen atoms in total. The number of carbonyl (C=O) groups is 1. The van der Waals surface area contributed by atoms with E-state index in [-0.39, 0.29) is 5.91 Å². The first kappa shape index (κ1) is 12.8. The molecular formula is C11H20N4O. The number of carbonyl (C=O) groups excluding carboxylic acids is 1. The fraction of sp³-hybridized carbons (Fsp3) is 0.909. The first-order chi connectivity index (χ1) is 7.77. The Morgan fingerprint density at radius 2 is 2.38 bits per heavy atom. The van der Waals surface area contributed by atoms with Gasteiger partial charge in [0, 0.05) is 31.0 Å². The van der Waals surface area contributed by atoms with Crippen LogP contribution in [0.25, 0.3) is 10.4 Å². The van der Waals surface area contributed by atoms with E-state index in [1.165, 1.54) is 12.8 Å². The Bertz CT molecular complexity index is 273. The van der Waals surface area contributed by atoms with Gasteiger partial charge in [-0.1, -0.05) is 24.9 Å². The normalized spacial score (nSPS) is 21.4. The first-order valence-electron chi connectivity index (χ1n) is 6.06. The summed E-state index contributed by atoms with van der Waals surface area (Å²) in [7, 11) is 0. The number of rotatable bonds is 5. The van der Waals surface area contributed by atoms with Gasteiger partial charge in [-0.2, -0.15) is 0 Å². The quantitative estimate of drug-likeness (QED) is 0.402. The van der Waals surface area contributed by atoms with Crippen molar-refractivity contribution in [3.63, 3.8) is 0 Å². The van der Waals surface area contributed by atoms with Gasteiger partial charge in [-0.05, 0) is 24.3 Å². The van der Waals surface area contributed by atoms with Gasteiger partial charge in [-0.3, -0.25) is 4.79 Å². The zero-order chi connectivity index (χ0) is 11.8. The van der Waals surface area contributed by atoms with Gasteiger partial charge in [0.1, 0.15) is 0 Å². The van der Waals surface area contributed by atoms with Gasteiger partial charge >= 0.3 is 0 Å². The molecule has 1 heterocycles. The van der Waals surface area contributed by atoms with E-state index in [0.29, 0.717) is 25.4 Å². The smallest absolute Gasteiger partial charge is 0.222 e. The van der Waals surface area contributed by atoms with Gasteiger partial charge < -0.3 is 4.90 Å². The van der Waals surface area contributed by atoms with Crippen molar-refractivity contribution in [3.8, 4) is 0 Å². The van der Waals surface area contributed by atoms with E-state index in [9.17, 15) is 4.79 Å². The summed E-state index contributed by atoms with van der Waals surface area (Å²) in [5.41, 5.74) is 8.18. The molecule has 1 rings (SSSR count). The molecule has 1 unspecified atom stereocenters. The lowest BCUT2D eigenvalue weighted by Gasteiger charge is -2.19. The van der Waals surface area contributed by atoms with Gasteiger partial charge in [0.25, 0.3) is 0 Å². The Labute approximate surface area is 96.4 Å². The molecule has 1 amide bonds. The van der Waals surface area contributed by atoms with E-state index in [4.69, 9.17) is 5.53 Å². The van der Waals surface area contributed by atoms with Crippen molar-refractivity contribution in [2.75, 3.05) is 19.6 Å². The van der Waals surface area contributed by atoms with Gasteiger partial charge in [0.15, 0.2) is 0 Å². The molecule has 5 heteroatoms. The third kappa shape index (κ3) is 4.11. The molecule has 90 valence electrons. The second-order valence-electron chi connectivity index (χ2n) is 4.32. The molecule has 0 bridgehead atoms. The topological polar surface area (TPSA) is 69.1 Å². The molecule has 1 aliphatic rings. The third-order valence-electron chi connectivity index (χ3n) is 3.16. The van der Waals surface area contributed by atoms with Crippen molar-refractivity contribution in [1.82, 2.24) is 4.90 Å². The summed E-state index contributed by atoms with van der Waals surface area (Å²) in [4.78, 5) is 16.3. The summed E-state index contributed by atoms with van der Waals surface area (Å²) in [5.74, 6) is 0.908. The molecule has 1 atom stereocenters. The summed E-state index contributed by atoms with van der Waals surface area (Å²) in [6.07, 6.45) is 5.18. The highest BCUT2D eigenvalue weighted by Gasteiger charge is 2.21. The molecule has 1 saturated heterocycles. The van der Waals surface area contributed by atoms with Crippen LogP contribution in [-0.2, 0) is 4.79 Å². The van der Waals surface area contributed by atoms with Gasteiger partial charge in [-0.25, -0.2) is 0 Å². The highest BCUT2D eigenvalue weighted by molar-refractivity contribution is 5.76. The number of amides is 1. The molecule has 0 N–H and O–H groups in total. The van der Waals surface area contributed by atoms with Crippen LogP contribution in [0.2, 0.25) is 0 Å². The second kappa shape index (κ2) is 7.12. The van der Waals surface area contributed by atoms with E-state index < -0.39 is 0 Å². The monoisotopic (exact) mass is 224 g/mol. The Balaban J connectivity index is 2.40. The van der Waals surface area contributed by atoms with E-state index in [1.54, 1.807) is 0 Å². The number of azide groups is 1. The summed E-state index contributed by atoms with van der Waals surface area (Å²) < 4.78 is 0. The minimum atomic E-state index is 0.215. The van der Waals surface area contributed by atoms with Crippen LogP contribution in [0.3, 0.4) is 0 Å². The number of likely N-dealkylation sites (tertiary alicyclic amines) is 1. The van der Waals surface area contributed by atoms with Gasteiger partial charge in [0.05, 0.1) is 0 Å². The molecule has 0 aromatic heterocycles. The Morgan fingerprint density at radius 1 is 1.56 bits per heavy atom. The minimum Gasteiger partial charge on any atom is -0.343 e. The number of hydrogen-bond acceptors (Lipinski definition) is 2. The lowest BCUT2D eigenvalue weighted by Crippen LogP contribution is -2.32. The van der Waals surface area contributed by atoms with Crippen LogP contribution < -0.4 is 0 Å². The van der Waals surface area contributed by atoms with Crippen molar-refractivity contribution in [1.29, 1.82) is 0 Å². The number of nitrogens with zero attached hydrogens (tertiary/aromatic N) is 4. The van der Waals surface area contributed by atoms with Crippen LogP contribution in [0.5, 0.6) is 0 Å². The Kier molecular flexibility index (Phi) is 5.72. The predicted octanol–water partition coefficient (Wildman–Crippen LogP) is 2.73. The van der Waals surface area contributed by atoms with Crippen LogP contribution in [0, 0.1) is 5.92 Å². The molecule has 0 aliphatic carbocycles. The number of hydrogen-bond donors (Lipinski definition) is 0. The maximum absolute atomic E-state index is 11.7. The van der Waals surface area contributed by atoms with E-state index in [1.807, 2.05) is 4.90 Å². The first-order valence-corrected chi connectivity index (χ1v) is 6.06. The Morgan fingerprint density at radius 3 is 3.06 bits per heavy atom. The van der Waals surface area contributed by atoms with Crippen molar-refractivity contribution in [3.05, 3.63) is 10.4 Å². The van der Waals surface area contributed by atoms with Crippen LogP contribution in [-0.4, -0.2) is 30.4 Å². The molecule has 0 radical (unpaired) electrons. The average molecular weight is 224 g/mol. The molecule has 0 spiro atoms. The highest BCUT2D eigenvalue weighted by atomic mass is 16.2. The molecule has 16 heavy (non-hydrogen) atoms. The molecule has 0 aromatic rings.